The number of rotatable bonds is 6. The fourth-order valence-corrected chi connectivity index (χ4v) is 3.88. The smallest absolute Gasteiger partial charge is 0.226 e. The molecule has 2 aromatic rings. The summed E-state index contributed by atoms with van der Waals surface area (Å²) in [7, 11) is 1.66. The Labute approximate surface area is 167 Å². The van der Waals surface area contributed by atoms with Crippen molar-refractivity contribution in [2.45, 2.75) is 25.3 Å². The third-order valence-electron chi connectivity index (χ3n) is 4.53. The molecule has 1 atom stereocenters. The molecule has 4 nitrogen and oxygen atoms in total. The fourth-order valence-electron chi connectivity index (χ4n) is 3.31. The maximum absolute atomic E-state index is 12.7. The van der Waals surface area contributed by atoms with E-state index in [0.717, 1.165) is 35.2 Å². The van der Waals surface area contributed by atoms with Gasteiger partial charge in [0.2, 0.25) is 5.91 Å². The van der Waals surface area contributed by atoms with Crippen LogP contribution in [0.5, 0.6) is 11.5 Å². The summed E-state index contributed by atoms with van der Waals surface area (Å²) in [5.74, 6) is 1.50. The summed E-state index contributed by atoms with van der Waals surface area (Å²) < 4.78 is 12.1. The number of nitrogens with zero attached hydrogens (tertiary/aromatic N) is 1. The van der Waals surface area contributed by atoms with Crippen molar-refractivity contribution in [3.05, 3.63) is 57.5 Å². The quantitative estimate of drug-likeness (QED) is 0.619. The lowest BCUT2D eigenvalue weighted by atomic mass is 10.0. The van der Waals surface area contributed by atoms with Gasteiger partial charge in [0, 0.05) is 16.6 Å². The molecule has 1 aliphatic rings. The first-order valence-electron chi connectivity index (χ1n) is 8.60. The molecule has 1 unspecified atom stereocenters. The van der Waals surface area contributed by atoms with Crippen LogP contribution in [-0.4, -0.2) is 31.1 Å². The summed E-state index contributed by atoms with van der Waals surface area (Å²) in [6.07, 6.45) is 2.24. The maximum atomic E-state index is 12.7. The zero-order chi connectivity index (χ0) is 18.5. The molecule has 0 radical (unpaired) electrons. The zero-order valence-corrected chi connectivity index (χ0v) is 16.9. The Kier molecular flexibility index (Phi) is 6.43. The molecule has 1 amide bonds. The number of likely N-dealkylation sites (tertiary alicyclic amines) is 1. The van der Waals surface area contributed by atoms with Crippen LogP contribution < -0.4 is 9.47 Å². The first-order valence-corrected chi connectivity index (χ1v) is 9.77. The lowest BCUT2D eigenvalue weighted by Gasteiger charge is -2.26. The predicted molar refractivity (Wildman–Crippen MR) is 106 cm³/mol. The molecule has 0 aliphatic carbocycles. The van der Waals surface area contributed by atoms with Crippen molar-refractivity contribution >= 4 is 33.4 Å². The maximum Gasteiger partial charge on any atom is 0.226 e. The van der Waals surface area contributed by atoms with Gasteiger partial charge in [0.05, 0.1) is 31.2 Å². The molecule has 1 fully saturated rings. The van der Waals surface area contributed by atoms with Gasteiger partial charge in [-0.2, -0.15) is 0 Å². The highest BCUT2D eigenvalue weighted by Crippen LogP contribution is 2.38. The molecule has 0 bridgehead atoms. The second-order valence-electron chi connectivity index (χ2n) is 6.16. The molecular formula is C20H21BrClNO3. The monoisotopic (exact) mass is 437 g/mol. The number of halogens is 2. The van der Waals surface area contributed by atoms with Crippen LogP contribution in [0, 0.1) is 0 Å². The van der Waals surface area contributed by atoms with Gasteiger partial charge in [-0.1, -0.05) is 39.7 Å². The van der Waals surface area contributed by atoms with Crippen molar-refractivity contribution in [3.8, 4) is 11.5 Å². The van der Waals surface area contributed by atoms with Crippen molar-refractivity contribution in [2.75, 3.05) is 20.3 Å². The molecule has 26 heavy (non-hydrogen) atoms. The molecule has 3 rings (SSSR count). The third kappa shape index (κ3) is 4.33. The van der Waals surface area contributed by atoms with E-state index in [1.54, 1.807) is 19.2 Å². The van der Waals surface area contributed by atoms with E-state index in [2.05, 4.69) is 15.9 Å². The van der Waals surface area contributed by atoms with Gasteiger partial charge < -0.3 is 14.4 Å². The largest absolute Gasteiger partial charge is 0.496 e. The topological polar surface area (TPSA) is 38.8 Å². The van der Waals surface area contributed by atoms with Crippen LogP contribution in [0.3, 0.4) is 0 Å². The summed E-state index contributed by atoms with van der Waals surface area (Å²) >= 11 is 9.59. The van der Waals surface area contributed by atoms with Gasteiger partial charge in [-0.3, -0.25) is 4.79 Å². The van der Waals surface area contributed by atoms with E-state index in [1.807, 2.05) is 35.2 Å². The average molecular weight is 439 g/mol. The lowest BCUT2D eigenvalue weighted by Crippen LogP contribution is -2.31. The van der Waals surface area contributed by atoms with E-state index in [0.29, 0.717) is 23.8 Å². The molecular weight excluding hydrogens is 418 g/mol. The molecule has 1 heterocycles. The van der Waals surface area contributed by atoms with Crippen molar-refractivity contribution in [1.29, 1.82) is 0 Å². The van der Waals surface area contributed by atoms with E-state index in [1.165, 1.54) is 0 Å². The number of hydrogen-bond donors (Lipinski definition) is 0. The van der Waals surface area contributed by atoms with Gasteiger partial charge in [0.1, 0.15) is 11.5 Å². The fraction of sp³-hybridized carbons (Fsp3) is 0.350. The summed E-state index contributed by atoms with van der Waals surface area (Å²) in [5.41, 5.74) is 1.04. The summed E-state index contributed by atoms with van der Waals surface area (Å²) in [5, 5.41) is 0.554. The van der Waals surface area contributed by atoms with Crippen LogP contribution in [0.15, 0.2) is 46.9 Å². The van der Waals surface area contributed by atoms with Crippen molar-refractivity contribution in [3.63, 3.8) is 0 Å². The van der Waals surface area contributed by atoms with Crippen LogP contribution in [0.1, 0.15) is 30.9 Å². The SMILES string of the molecule is COc1ccc(Br)cc1C1CCCN1C(=O)CCOc1ccccc1Cl. The molecule has 6 heteroatoms. The number of carbonyl (C=O) groups excluding carboxylic acids is 1. The Balaban J connectivity index is 1.65. The number of ether oxygens (including phenoxy) is 2. The Morgan fingerprint density at radius 3 is 2.85 bits per heavy atom. The van der Waals surface area contributed by atoms with Gasteiger partial charge in [0.15, 0.2) is 0 Å². The summed E-state index contributed by atoms with van der Waals surface area (Å²) in [4.78, 5) is 14.7. The Morgan fingerprint density at radius 2 is 2.08 bits per heavy atom. The minimum Gasteiger partial charge on any atom is -0.496 e. The molecule has 0 N–H and O–H groups in total. The van der Waals surface area contributed by atoms with E-state index in [-0.39, 0.29) is 11.9 Å². The number of para-hydroxylation sites is 1. The zero-order valence-electron chi connectivity index (χ0n) is 14.6. The first-order chi connectivity index (χ1) is 12.6. The Morgan fingerprint density at radius 1 is 1.27 bits per heavy atom. The van der Waals surface area contributed by atoms with Crippen LogP contribution in [0.2, 0.25) is 5.02 Å². The van der Waals surface area contributed by atoms with E-state index < -0.39 is 0 Å². The van der Waals surface area contributed by atoms with Gasteiger partial charge >= 0.3 is 0 Å². The minimum absolute atomic E-state index is 0.0373. The summed E-state index contributed by atoms with van der Waals surface area (Å²) in [6.45, 7) is 1.06. The van der Waals surface area contributed by atoms with Crippen LogP contribution in [-0.2, 0) is 4.79 Å². The minimum atomic E-state index is 0.0373. The number of carbonyl (C=O) groups is 1. The van der Waals surface area contributed by atoms with Gasteiger partial charge in [-0.25, -0.2) is 0 Å². The Bertz CT molecular complexity index is 783. The third-order valence-corrected chi connectivity index (χ3v) is 5.34. The van der Waals surface area contributed by atoms with E-state index >= 15 is 0 Å². The molecule has 138 valence electrons. The molecule has 0 saturated carbocycles. The Hall–Kier alpha value is -1.72. The molecule has 0 spiro atoms. The number of amides is 1. The van der Waals surface area contributed by atoms with Gasteiger partial charge in [0.25, 0.3) is 0 Å². The highest BCUT2D eigenvalue weighted by Gasteiger charge is 2.31. The number of methoxy groups -OCH3 is 1. The average Bonchev–Trinajstić information content (AvgIpc) is 3.13. The van der Waals surface area contributed by atoms with Gasteiger partial charge in [-0.15, -0.1) is 0 Å². The predicted octanol–water partition coefficient (Wildman–Crippen LogP) is 5.24. The van der Waals surface area contributed by atoms with Crippen molar-refractivity contribution in [1.82, 2.24) is 4.90 Å². The van der Waals surface area contributed by atoms with Crippen molar-refractivity contribution in [2.24, 2.45) is 0 Å². The van der Waals surface area contributed by atoms with Crippen molar-refractivity contribution < 1.29 is 14.3 Å². The lowest BCUT2D eigenvalue weighted by molar-refractivity contribution is -0.132. The highest BCUT2D eigenvalue weighted by atomic mass is 79.9. The van der Waals surface area contributed by atoms with Crippen LogP contribution >= 0.6 is 27.5 Å². The van der Waals surface area contributed by atoms with E-state index in [4.69, 9.17) is 21.1 Å². The second kappa shape index (κ2) is 8.78. The second-order valence-corrected chi connectivity index (χ2v) is 7.48. The van der Waals surface area contributed by atoms with Crippen LogP contribution in [0.25, 0.3) is 0 Å². The molecule has 2 aromatic carbocycles. The normalized spacial score (nSPS) is 16.6. The van der Waals surface area contributed by atoms with Gasteiger partial charge in [-0.05, 0) is 43.2 Å². The molecule has 1 aliphatic heterocycles. The first kappa shape index (κ1) is 19.1. The van der Waals surface area contributed by atoms with E-state index in [9.17, 15) is 4.79 Å². The summed E-state index contributed by atoms with van der Waals surface area (Å²) in [6, 6.07) is 13.2. The van der Waals surface area contributed by atoms with Crippen LogP contribution in [0.4, 0.5) is 0 Å². The standard InChI is InChI=1S/C20H21BrClNO3/c1-25-18-9-8-14(21)13-15(18)17-6-4-11-23(17)20(24)10-12-26-19-7-3-2-5-16(19)22/h2-3,5,7-9,13,17H,4,6,10-12H2,1H3. The number of hydrogen-bond acceptors (Lipinski definition) is 3. The molecule has 1 saturated heterocycles. The number of benzene rings is 2. The molecule has 0 aromatic heterocycles. The highest BCUT2D eigenvalue weighted by molar-refractivity contribution is 9.10.